The Labute approximate surface area is 106 Å². The molecule has 0 radical (unpaired) electrons. The van der Waals surface area contributed by atoms with Crippen molar-refractivity contribution in [2.45, 2.75) is 0 Å². The summed E-state index contributed by atoms with van der Waals surface area (Å²) in [5.74, 6) is 0.563. The molecule has 0 aliphatic heterocycles. The van der Waals surface area contributed by atoms with Gasteiger partial charge in [0.05, 0.1) is 16.9 Å². The van der Waals surface area contributed by atoms with Crippen LogP contribution in [0.3, 0.4) is 0 Å². The highest BCUT2D eigenvalue weighted by Gasteiger charge is 2.02. The van der Waals surface area contributed by atoms with E-state index in [0.717, 1.165) is 10.2 Å². The van der Waals surface area contributed by atoms with E-state index in [1.807, 2.05) is 12.1 Å². The van der Waals surface area contributed by atoms with Crippen molar-refractivity contribution in [3.8, 4) is 0 Å². The van der Waals surface area contributed by atoms with E-state index in [4.69, 9.17) is 17.3 Å². The van der Waals surface area contributed by atoms with E-state index >= 15 is 0 Å². The number of hydrogen-bond acceptors (Lipinski definition) is 4. The van der Waals surface area contributed by atoms with Gasteiger partial charge in [-0.1, -0.05) is 11.6 Å². The molecule has 0 spiro atoms. The number of halogens is 2. The molecule has 2 rings (SSSR count). The van der Waals surface area contributed by atoms with Crippen molar-refractivity contribution < 1.29 is 0 Å². The van der Waals surface area contributed by atoms with Crippen LogP contribution in [0.5, 0.6) is 0 Å². The third-order valence-electron chi connectivity index (χ3n) is 1.92. The van der Waals surface area contributed by atoms with Gasteiger partial charge in [0.1, 0.15) is 6.33 Å². The van der Waals surface area contributed by atoms with Crippen LogP contribution in [0, 0.1) is 0 Å². The van der Waals surface area contributed by atoms with Gasteiger partial charge in [0.2, 0.25) is 0 Å². The SMILES string of the molecule is Nc1cncnc1Nc1ccc(Br)c(Cl)c1. The van der Waals surface area contributed by atoms with Crippen molar-refractivity contribution in [2.24, 2.45) is 0 Å². The zero-order valence-electron chi connectivity index (χ0n) is 8.11. The number of benzene rings is 1. The van der Waals surface area contributed by atoms with Crippen LogP contribution in [-0.2, 0) is 0 Å². The Kier molecular flexibility index (Phi) is 3.26. The van der Waals surface area contributed by atoms with Gasteiger partial charge in [0.15, 0.2) is 5.82 Å². The number of nitrogen functional groups attached to an aromatic ring is 1. The highest BCUT2D eigenvalue weighted by atomic mass is 79.9. The van der Waals surface area contributed by atoms with E-state index in [1.165, 1.54) is 12.5 Å². The van der Waals surface area contributed by atoms with Gasteiger partial charge in [0, 0.05) is 10.2 Å². The number of nitrogens with zero attached hydrogens (tertiary/aromatic N) is 2. The zero-order chi connectivity index (χ0) is 11.5. The lowest BCUT2D eigenvalue weighted by atomic mass is 10.3. The first-order chi connectivity index (χ1) is 7.66. The maximum absolute atomic E-state index is 5.97. The Morgan fingerprint density at radius 2 is 2.19 bits per heavy atom. The molecule has 1 aromatic heterocycles. The fraction of sp³-hybridized carbons (Fsp3) is 0. The molecule has 0 amide bonds. The topological polar surface area (TPSA) is 63.8 Å². The second kappa shape index (κ2) is 4.67. The van der Waals surface area contributed by atoms with Crippen LogP contribution in [0.25, 0.3) is 0 Å². The molecule has 1 heterocycles. The Bertz CT molecular complexity index is 518. The molecule has 0 atom stereocenters. The normalized spacial score (nSPS) is 10.1. The molecule has 0 bridgehead atoms. The molecule has 4 nitrogen and oxygen atoms in total. The Morgan fingerprint density at radius 1 is 1.38 bits per heavy atom. The lowest BCUT2D eigenvalue weighted by Crippen LogP contribution is -1.99. The summed E-state index contributed by atoms with van der Waals surface area (Å²) in [6, 6.07) is 5.51. The molecule has 0 unspecified atom stereocenters. The van der Waals surface area contributed by atoms with E-state index in [1.54, 1.807) is 6.07 Å². The van der Waals surface area contributed by atoms with Crippen molar-refractivity contribution in [3.05, 3.63) is 40.2 Å². The predicted molar refractivity (Wildman–Crippen MR) is 68.9 cm³/mol. The van der Waals surface area contributed by atoms with Gasteiger partial charge >= 0.3 is 0 Å². The lowest BCUT2D eigenvalue weighted by molar-refractivity contribution is 1.17. The highest BCUT2D eigenvalue weighted by Crippen LogP contribution is 2.27. The molecule has 0 saturated heterocycles. The van der Waals surface area contributed by atoms with Crippen LogP contribution < -0.4 is 11.1 Å². The first kappa shape index (κ1) is 11.2. The van der Waals surface area contributed by atoms with Gasteiger partial charge in [-0.3, -0.25) is 0 Å². The van der Waals surface area contributed by atoms with Crippen molar-refractivity contribution in [1.82, 2.24) is 9.97 Å². The summed E-state index contributed by atoms with van der Waals surface area (Å²) in [7, 11) is 0. The summed E-state index contributed by atoms with van der Waals surface area (Å²) in [5.41, 5.74) is 7.01. The molecular weight excluding hydrogens is 291 g/mol. The Hall–Kier alpha value is -1.33. The number of nitrogens with two attached hydrogens (primary N) is 1. The number of anilines is 3. The van der Waals surface area contributed by atoms with E-state index in [9.17, 15) is 0 Å². The van der Waals surface area contributed by atoms with Gasteiger partial charge in [-0.25, -0.2) is 9.97 Å². The van der Waals surface area contributed by atoms with E-state index in [2.05, 4.69) is 31.2 Å². The largest absolute Gasteiger partial charge is 0.394 e. The number of nitrogens with one attached hydrogen (secondary N) is 1. The molecule has 82 valence electrons. The molecular formula is C10H8BrClN4. The van der Waals surface area contributed by atoms with Crippen molar-refractivity contribution in [1.29, 1.82) is 0 Å². The quantitative estimate of drug-likeness (QED) is 0.893. The maximum Gasteiger partial charge on any atom is 0.157 e. The molecule has 0 saturated carbocycles. The highest BCUT2D eigenvalue weighted by molar-refractivity contribution is 9.10. The second-order valence-electron chi connectivity index (χ2n) is 3.08. The monoisotopic (exact) mass is 298 g/mol. The number of hydrogen-bond donors (Lipinski definition) is 2. The Morgan fingerprint density at radius 3 is 2.88 bits per heavy atom. The third-order valence-corrected chi connectivity index (χ3v) is 3.16. The van der Waals surface area contributed by atoms with E-state index < -0.39 is 0 Å². The predicted octanol–water partition coefficient (Wildman–Crippen LogP) is 3.22. The summed E-state index contributed by atoms with van der Waals surface area (Å²) in [5, 5.41) is 3.68. The minimum Gasteiger partial charge on any atom is -0.394 e. The fourth-order valence-corrected chi connectivity index (χ4v) is 1.58. The summed E-state index contributed by atoms with van der Waals surface area (Å²) < 4.78 is 0.843. The fourth-order valence-electron chi connectivity index (χ4n) is 1.16. The van der Waals surface area contributed by atoms with Crippen LogP contribution in [0.1, 0.15) is 0 Å². The van der Waals surface area contributed by atoms with Gasteiger partial charge < -0.3 is 11.1 Å². The van der Waals surface area contributed by atoms with Gasteiger partial charge in [-0.2, -0.15) is 0 Å². The van der Waals surface area contributed by atoms with Crippen molar-refractivity contribution in [3.63, 3.8) is 0 Å². The first-order valence-corrected chi connectivity index (χ1v) is 5.61. The lowest BCUT2D eigenvalue weighted by Gasteiger charge is -2.08. The summed E-state index contributed by atoms with van der Waals surface area (Å²) in [6.45, 7) is 0. The summed E-state index contributed by atoms with van der Waals surface area (Å²) >= 11 is 9.29. The molecule has 16 heavy (non-hydrogen) atoms. The molecule has 0 aliphatic carbocycles. The van der Waals surface area contributed by atoms with Crippen LogP contribution in [-0.4, -0.2) is 9.97 Å². The van der Waals surface area contributed by atoms with Crippen molar-refractivity contribution >= 4 is 44.7 Å². The Balaban J connectivity index is 2.28. The minimum absolute atomic E-state index is 0.488. The zero-order valence-corrected chi connectivity index (χ0v) is 10.5. The molecule has 6 heteroatoms. The maximum atomic E-state index is 5.97. The summed E-state index contributed by atoms with van der Waals surface area (Å²) in [6.07, 6.45) is 2.97. The van der Waals surface area contributed by atoms with Gasteiger partial charge in [-0.15, -0.1) is 0 Å². The van der Waals surface area contributed by atoms with Gasteiger partial charge in [-0.05, 0) is 34.1 Å². The molecule has 0 fully saturated rings. The molecule has 3 N–H and O–H groups in total. The summed E-state index contributed by atoms with van der Waals surface area (Å²) in [4.78, 5) is 7.83. The van der Waals surface area contributed by atoms with E-state index in [0.29, 0.717) is 16.5 Å². The molecule has 2 aromatic rings. The average molecular weight is 300 g/mol. The van der Waals surface area contributed by atoms with Crippen molar-refractivity contribution in [2.75, 3.05) is 11.1 Å². The average Bonchev–Trinajstić information content (AvgIpc) is 2.27. The minimum atomic E-state index is 0.488. The molecule has 0 aliphatic rings. The van der Waals surface area contributed by atoms with E-state index in [-0.39, 0.29) is 0 Å². The van der Waals surface area contributed by atoms with Crippen LogP contribution in [0.15, 0.2) is 35.2 Å². The number of rotatable bonds is 2. The smallest absolute Gasteiger partial charge is 0.157 e. The van der Waals surface area contributed by atoms with Crippen LogP contribution in [0.4, 0.5) is 17.2 Å². The van der Waals surface area contributed by atoms with Crippen LogP contribution in [0.2, 0.25) is 5.02 Å². The molecule has 1 aromatic carbocycles. The third kappa shape index (κ3) is 2.43. The standard InChI is InChI=1S/C10H8BrClN4/c11-7-2-1-6(3-8(7)12)16-10-9(13)4-14-5-15-10/h1-5H,13H2,(H,14,15,16). The number of aromatic nitrogens is 2. The first-order valence-electron chi connectivity index (χ1n) is 4.44. The second-order valence-corrected chi connectivity index (χ2v) is 4.34. The van der Waals surface area contributed by atoms with Crippen LogP contribution >= 0.6 is 27.5 Å². The van der Waals surface area contributed by atoms with Gasteiger partial charge in [0.25, 0.3) is 0 Å².